The molecule has 19 heavy (non-hydrogen) atoms. The third-order valence-electron chi connectivity index (χ3n) is 3.19. The molecule has 5 nitrogen and oxygen atoms in total. The Kier molecular flexibility index (Phi) is 7.25. The molecule has 0 radical (unpaired) electrons. The van der Waals surface area contributed by atoms with Gasteiger partial charge in [-0.3, -0.25) is 9.80 Å². The zero-order valence-corrected chi connectivity index (χ0v) is 12.9. The van der Waals surface area contributed by atoms with E-state index >= 15 is 0 Å². The van der Waals surface area contributed by atoms with E-state index in [1.807, 2.05) is 27.7 Å². The maximum atomic E-state index is 9.83. The van der Waals surface area contributed by atoms with Gasteiger partial charge in [-0.1, -0.05) is 0 Å². The van der Waals surface area contributed by atoms with Gasteiger partial charge in [-0.2, -0.15) is 0 Å². The molecule has 0 aromatic rings. The summed E-state index contributed by atoms with van der Waals surface area (Å²) in [6.07, 6.45) is -0.115. The van der Waals surface area contributed by atoms with Gasteiger partial charge < -0.3 is 14.6 Å². The van der Waals surface area contributed by atoms with Gasteiger partial charge in [-0.15, -0.1) is 0 Å². The summed E-state index contributed by atoms with van der Waals surface area (Å²) in [7, 11) is 0. The molecule has 0 amide bonds. The van der Waals surface area contributed by atoms with Crippen molar-refractivity contribution in [3.05, 3.63) is 0 Å². The first-order chi connectivity index (χ1) is 8.94. The molecule has 1 heterocycles. The lowest BCUT2D eigenvalue weighted by Gasteiger charge is -2.38. The van der Waals surface area contributed by atoms with Crippen LogP contribution in [0.2, 0.25) is 0 Å². The molecular formula is C14H30N2O3. The lowest BCUT2D eigenvalue weighted by molar-refractivity contribution is -0.150. The Morgan fingerprint density at radius 2 is 1.47 bits per heavy atom. The summed E-state index contributed by atoms with van der Waals surface area (Å²) in [5.41, 5.74) is -0.610. The lowest BCUT2D eigenvalue weighted by Crippen LogP contribution is -2.52. The van der Waals surface area contributed by atoms with E-state index in [-0.39, 0.29) is 6.29 Å². The third-order valence-corrected chi connectivity index (χ3v) is 3.19. The van der Waals surface area contributed by atoms with Crippen molar-refractivity contribution in [2.24, 2.45) is 0 Å². The van der Waals surface area contributed by atoms with E-state index in [2.05, 4.69) is 9.80 Å². The molecular weight excluding hydrogens is 244 g/mol. The number of aliphatic hydroxyl groups is 1. The second-order valence-electron chi connectivity index (χ2n) is 5.73. The molecule has 1 N–H and O–H groups in total. The minimum Gasteiger partial charge on any atom is -0.389 e. The molecule has 0 saturated carbocycles. The maximum absolute atomic E-state index is 9.83. The van der Waals surface area contributed by atoms with E-state index < -0.39 is 5.60 Å². The van der Waals surface area contributed by atoms with Gasteiger partial charge in [0.2, 0.25) is 0 Å². The zero-order chi connectivity index (χ0) is 14.3. The molecule has 1 saturated heterocycles. The fourth-order valence-corrected chi connectivity index (χ4v) is 2.41. The van der Waals surface area contributed by atoms with Crippen molar-refractivity contribution in [2.75, 3.05) is 52.5 Å². The highest BCUT2D eigenvalue weighted by Gasteiger charge is 2.24. The zero-order valence-electron chi connectivity index (χ0n) is 12.9. The van der Waals surface area contributed by atoms with Crippen LogP contribution in [0.4, 0.5) is 0 Å². The predicted octanol–water partition coefficient (Wildman–Crippen LogP) is 0.774. The van der Waals surface area contributed by atoms with Crippen molar-refractivity contribution < 1.29 is 14.6 Å². The Morgan fingerprint density at radius 3 is 1.89 bits per heavy atom. The van der Waals surface area contributed by atoms with Crippen molar-refractivity contribution in [3.8, 4) is 0 Å². The Labute approximate surface area is 117 Å². The Hall–Kier alpha value is -0.200. The van der Waals surface area contributed by atoms with Crippen molar-refractivity contribution in [2.45, 2.75) is 39.6 Å². The molecule has 0 aromatic heterocycles. The number of ether oxygens (including phenoxy) is 2. The number of rotatable bonds is 8. The quantitative estimate of drug-likeness (QED) is 0.663. The molecule has 5 heteroatoms. The summed E-state index contributed by atoms with van der Waals surface area (Å²) in [6.45, 7) is 14.6. The molecule has 0 atom stereocenters. The van der Waals surface area contributed by atoms with Crippen LogP contribution >= 0.6 is 0 Å². The fraction of sp³-hybridized carbons (Fsp3) is 1.00. The number of hydrogen-bond donors (Lipinski definition) is 1. The van der Waals surface area contributed by atoms with Crippen molar-refractivity contribution >= 4 is 0 Å². The van der Waals surface area contributed by atoms with Crippen LogP contribution in [-0.2, 0) is 9.47 Å². The smallest absolute Gasteiger partial charge is 0.170 e. The van der Waals surface area contributed by atoms with Crippen LogP contribution in [0.5, 0.6) is 0 Å². The Bertz CT molecular complexity index is 229. The molecule has 0 aliphatic carbocycles. The largest absolute Gasteiger partial charge is 0.389 e. The lowest BCUT2D eigenvalue weighted by atomic mass is 10.1. The van der Waals surface area contributed by atoms with Crippen LogP contribution in [-0.4, -0.2) is 79.3 Å². The van der Waals surface area contributed by atoms with Crippen molar-refractivity contribution in [1.82, 2.24) is 9.80 Å². The summed E-state index contributed by atoms with van der Waals surface area (Å²) in [5, 5.41) is 9.83. The molecule has 0 unspecified atom stereocenters. The van der Waals surface area contributed by atoms with Gasteiger partial charge in [0.15, 0.2) is 6.29 Å². The average molecular weight is 274 g/mol. The second kappa shape index (κ2) is 8.17. The number of β-amino-alcohol motifs (C(OH)–C–C–N with tert-alkyl or cyclic N) is 1. The number of hydrogen-bond acceptors (Lipinski definition) is 5. The molecule has 0 bridgehead atoms. The van der Waals surface area contributed by atoms with Gasteiger partial charge in [0.1, 0.15) is 0 Å². The Balaban J connectivity index is 2.28. The first-order valence-corrected chi connectivity index (χ1v) is 7.35. The molecule has 1 aliphatic heterocycles. The van der Waals surface area contributed by atoms with Gasteiger partial charge in [0, 0.05) is 52.5 Å². The van der Waals surface area contributed by atoms with E-state index in [0.717, 1.165) is 39.3 Å². The SMILES string of the molecule is CCOC(CN1CCN(CC(C)(C)O)CC1)OCC. The normalized spacial score (nSPS) is 19.3. The van der Waals surface area contributed by atoms with Gasteiger partial charge in [0.25, 0.3) is 0 Å². The van der Waals surface area contributed by atoms with E-state index in [9.17, 15) is 5.11 Å². The van der Waals surface area contributed by atoms with Crippen molar-refractivity contribution in [1.29, 1.82) is 0 Å². The molecule has 1 fully saturated rings. The van der Waals surface area contributed by atoms with E-state index in [1.54, 1.807) is 0 Å². The van der Waals surface area contributed by atoms with Crippen LogP contribution < -0.4 is 0 Å². The second-order valence-corrected chi connectivity index (χ2v) is 5.73. The van der Waals surface area contributed by atoms with Crippen LogP contribution in [0.25, 0.3) is 0 Å². The monoisotopic (exact) mass is 274 g/mol. The van der Waals surface area contributed by atoms with Gasteiger partial charge in [0.05, 0.1) is 5.60 Å². The molecule has 114 valence electrons. The highest BCUT2D eigenvalue weighted by molar-refractivity contribution is 4.78. The summed E-state index contributed by atoms with van der Waals surface area (Å²) in [6, 6.07) is 0. The maximum Gasteiger partial charge on any atom is 0.170 e. The minimum absolute atomic E-state index is 0.115. The van der Waals surface area contributed by atoms with E-state index in [1.165, 1.54) is 0 Å². The summed E-state index contributed by atoms with van der Waals surface area (Å²) >= 11 is 0. The summed E-state index contributed by atoms with van der Waals surface area (Å²) in [5.74, 6) is 0. The van der Waals surface area contributed by atoms with Crippen LogP contribution in [0.3, 0.4) is 0 Å². The molecule has 1 rings (SSSR count). The molecule has 0 spiro atoms. The number of nitrogens with zero attached hydrogens (tertiary/aromatic N) is 2. The van der Waals surface area contributed by atoms with Gasteiger partial charge >= 0.3 is 0 Å². The highest BCUT2D eigenvalue weighted by Crippen LogP contribution is 2.10. The van der Waals surface area contributed by atoms with Gasteiger partial charge in [-0.05, 0) is 27.7 Å². The minimum atomic E-state index is -0.610. The highest BCUT2D eigenvalue weighted by atomic mass is 16.7. The first kappa shape index (κ1) is 16.9. The van der Waals surface area contributed by atoms with Crippen LogP contribution in [0.1, 0.15) is 27.7 Å². The fourth-order valence-electron chi connectivity index (χ4n) is 2.41. The summed E-state index contributed by atoms with van der Waals surface area (Å²) < 4.78 is 11.2. The molecule has 1 aliphatic rings. The topological polar surface area (TPSA) is 45.2 Å². The Morgan fingerprint density at radius 1 is 1.00 bits per heavy atom. The first-order valence-electron chi connectivity index (χ1n) is 7.35. The van der Waals surface area contributed by atoms with E-state index in [0.29, 0.717) is 13.2 Å². The average Bonchev–Trinajstić information content (AvgIpc) is 2.30. The van der Waals surface area contributed by atoms with E-state index in [4.69, 9.17) is 9.47 Å². The third kappa shape index (κ3) is 7.22. The van der Waals surface area contributed by atoms with Crippen LogP contribution in [0, 0.1) is 0 Å². The summed E-state index contributed by atoms with van der Waals surface area (Å²) in [4.78, 5) is 4.68. The van der Waals surface area contributed by atoms with Crippen LogP contribution in [0.15, 0.2) is 0 Å². The standard InChI is InChI=1S/C14H30N2O3/c1-5-18-13(19-6-2)11-15-7-9-16(10-8-15)12-14(3,4)17/h13,17H,5-12H2,1-4H3. The molecule has 0 aromatic carbocycles. The van der Waals surface area contributed by atoms with Crippen molar-refractivity contribution in [3.63, 3.8) is 0 Å². The number of piperazine rings is 1. The van der Waals surface area contributed by atoms with Gasteiger partial charge in [-0.25, -0.2) is 0 Å². The predicted molar refractivity (Wildman–Crippen MR) is 76.2 cm³/mol.